The average molecular weight is 243 g/mol. The summed E-state index contributed by atoms with van der Waals surface area (Å²) < 4.78 is 2.21. The first-order valence-electron chi connectivity index (χ1n) is 6.65. The molecule has 18 heavy (non-hydrogen) atoms. The lowest BCUT2D eigenvalue weighted by atomic mass is 10.2. The molecule has 3 nitrogen and oxygen atoms in total. The fourth-order valence-electron chi connectivity index (χ4n) is 2.00. The molecular weight excluding hydrogens is 222 g/mol. The minimum atomic E-state index is 0.940. The van der Waals surface area contributed by atoms with Crippen molar-refractivity contribution in [1.29, 1.82) is 0 Å². The third kappa shape index (κ3) is 3.36. The molecule has 3 heteroatoms. The topological polar surface area (TPSA) is 29.9 Å². The standard InChI is InChI=1S/C15H21N3/c1-3-4-8-11-18-12-13(2)16-15(18)17-14-9-6-5-7-10-14/h5-7,9-10,12H,3-4,8,11H2,1-2H3,(H,16,17). The summed E-state index contributed by atoms with van der Waals surface area (Å²) >= 11 is 0. The Balaban J connectivity index is 2.07. The van der Waals surface area contributed by atoms with Gasteiger partial charge in [-0.15, -0.1) is 0 Å². The maximum absolute atomic E-state index is 4.54. The number of para-hydroxylation sites is 1. The molecule has 2 aromatic rings. The van der Waals surface area contributed by atoms with Crippen LogP contribution in [0.5, 0.6) is 0 Å². The third-order valence-corrected chi connectivity index (χ3v) is 2.93. The summed E-state index contributed by atoms with van der Waals surface area (Å²) in [6.07, 6.45) is 5.83. The van der Waals surface area contributed by atoms with Gasteiger partial charge in [0.05, 0.1) is 5.69 Å². The first kappa shape index (κ1) is 12.7. The van der Waals surface area contributed by atoms with Crippen LogP contribution >= 0.6 is 0 Å². The molecule has 0 atom stereocenters. The van der Waals surface area contributed by atoms with Gasteiger partial charge in [-0.05, 0) is 25.5 Å². The quantitative estimate of drug-likeness (QED) is 0.773. The fourth-order valence-corrected chi connectivity index (χ4v) is 2.00. The molecule has 0 saturated carbocycles. The second-order valence-corrected chi connectivity index (χ2v) is 4.60. The lowest BCUT2D eigenvalue weighted by Crippen LogP contribution is -2.03. The van der Waals surface area contributed by atoms with Crippen molar-refractivity contribution in [3.63, 3.8) is 0 Å². The SMILES string of the molecule is CCCCCn1cc(C)nc1Nc1ccccc1. The monoisotopic (exact) mass is 243 g/mol. The second kappa shape index (κ2) is 6.24. The summed E-state index contributed by atoms with van der Waals surface area (Å²) in [6, 6.07) is 10.2. The lowest BCUT2D eigenvalue weighted by Gasteiger charge is -2.09. The van der Waals surface area contributed by atoms with Crippen LogP contribution in [0.15, 0.2) is 36.5 Å². The Morgan fingerprint density at radius 3 is 2.67 bits per heavy atom. The molecule has 1 heterocycles. The van der Waals surface area contributed by atoms with Gasteiger partial charge in [0, 0.05) is 18.4 Å². The summed E-state index contributed by atoms with van der Waals surface area (Å²) in [5, 5.41) is 3.37. The molecular formula is C15H21N3. The number of nitrogens with zero attached hydrogens (tertiary/aromatic N) is 2. The Morgan fingerprint density at radius 1 is 1.17 bits per heavy atom. The van der Waals surface area contributed by atoms with E-state index in [0.29, 0.717) is 0 Å². The number of rotatable bonds is 6. The molecule has 0 unspecified atom stereocenters. The Morgan fingerprint density at radius 2 is 1.94 bits per heavy atom. The van der Waals surface area contributed by atoms with Gasteiger partial charge in [0.1, 0.15) is 0 Å². The predicted octanol–water partition coefficient (Wildman–Crippen LogP) is 4.13. The van der Waals surface area contributed by atoms with Crippen LogP contribution in [0.4, 0.5) is 11.6 Å². The normalized spacial score (nSPS) is 10.6. The second-order valence-electron chi connectivity index (χ2n) is 4.60. The van der Waals surface area contributed by atoms with Gasteiger partial charge in [-0.1, -0.05) is 38.0 Å². The van der Waals surface area contributed by atoms with E-state index in [4.69, 9.17) is 0 Å². The van der Waals surface area contributed by atoms with Crippen LogP contribution < -0.4 is 5.32 Å². The van der Waals surface area contributed by atoms with Gasteiger partial charge in [0.15, 0.2) is 0 Å². The van der Waals surface area contributed by atoms with E-state index in [-0.39, 0.29) is 0 Å². The zero-order valence-electron chi connectivity index (χ0n) is 11.2. The van der Waals surface area contributed by atoms with Crippen molar-refractivity contribution in [2.75, 3.05) is 5.32 Å². The molecule has 96 valence electrons. The number of nitrogens with one attached hydrogen (secondary N) is 1. The van der Waals surface area contributed by atoms with Crippen LogP contribution in [-0.2, 0) is 6.54 Å². The van der Waals surface area contributed by atoms with Crippen molar-refractivity contribution in [2.45, 2.75) is 39.7 Å². The maximum atomic E-state index is 4.54. The summed E-state index contributed by atoms with van der Waals surface area (Å²) in [5.41, 5.74) is 2.14. The average Bonchev–Trinajstić information content (AvgIpc) is 2.71. The predicted molar refractivity (Wildman–Crippen MR) is 76.2 cm³/mol. The number of anilines is 2. The van der Waals surface area contributed by atoms with Crippen molar-refractivity contribution >= 4 is 11.6 Å². The van der Waals surface area contributed by atoms with Crippen LogP contribution in [0.2, 0.25) is 0 Å². The molecule has 0 fully saturated rings. The summed E-state index contributed by atoms with van der Waals surface area (Å²) in [5.74, 6) is 0.940. The first-order valence-corrected chi connectivity index (χ1v) is 6.65. The van der Waals surface area contributed by atoms with Crippen LogP contribution in [0, 0.1) is 6.92 Å². The number of hydrogen-bond acceptors (Lipinski definition) is 2. The molecule has 0 saturated heterocycles. The zero-order valence-corrected chi connectivity index (χ0v) is 11.2. The van der Waals surface area contributed by atoms with Gasteiger partial charge in [-0.2, -0.15) is 0 Å². The summed E-state index contributed by atoms with van der Waals surface area (Å²) in [6.45, 7) is 5.29. The van der Waals surface area contributed by atoms with Gasteiger partial charge in [0.2, 0.25) is 5.95 Å². The highest BCUT2D eigenvalue weighted by Gasteiger charge is 2.05. The molecule has 0 aliphatic carbocycles. The highest BCUT2D eigenvalue weighted by molar-refractivity contribution is 5.53. The number of imidazole rings is 1. The van der Waals surface area contributed by atoms with Gasteiger partial charge in [0.25, 0.3) is 0 Å². The summed E-state index contributed by atoms with van der Waals surface area (Å²) in [7, 11) is 0. The highest BCUT2D eigenvalue weighted by Crippen LogP contribution is 2.16. The molecule has 0 aliphatic heterocycles. The smallest absolute Gasteiger partial charge is 0.207 e. The van der Waals surface area contributed by atoms with E-state index >= 15 is 0 Å². The van der Waals surface area contributed by atoms with E-state index in [2.05, 4.69) is 40.1 Å². The first-order chi connectivity index (χ1) is 8.79. The van der Waals surface area contributed by atoms with E-state index in [1.807, 2.05) is 25.1 Å². The zero-order chi connectivity index (χ0) is 12.8. The van der Waals surface area contributed by atoms with Gasteiger partial charge >= 0.3 is 0 Å². The number of benzene rings is 1. The minimum Gasteiger partial charge on any atom is -0.326 e. The van der Waals surface area contributed by atoms with Crippen LogP contribution in [0.3, 0.4) is 0 Å². The largest absolute Gasteiger partial charge is 0.326 e. The van der Waals surface area contributed by atoms with E-state index in [1.54, 1.807) is 0 Å². The van der Waals surface area contributed by atoms with E-state index in [1.165, 1.54) is 19.3 Å². The van der Waals surface area contributed by atoms with Crippen molar-refractivity contribution in [3.05, 3.63) is 42.2 Å². The van der Waals surface area contributed by atoms with Crippen LogP contribution in [-0.4, -0.2) is 9.55 Å². The Kier molecular flexibility index (Phi) is 4.40. The van der Waals surface area contributed by atoms with E-state index in [9.17, 15) is 0 Å². The van der Waals surface area contributed by atoms with Crippen LogP contribution in [0.1, 0.15) is 31.9 Å². The third-order valence-electron chi connectivity index (χ3n) is 2.93. The Bertz CT molecular complexity index is 474. The molecule has 1 N–H and O–H groups in total. The fraction of sp³-hybridized carbons (Fsp3) is 0.400. The molecule has 1 aromatic carbocycles. The molecule has 2 rings (SSSR count). The van der Waals surface area contributed by atoms with E-state index in [0.717, 1.165) is 23.9 Å². The molecule has 1 aromatic heterocycles. The highest BCUT2D eigenvalue weighted by atomic mass is 15.2. The number of aryl methyl sites for hydroxylation is 2. The molecule has 0 radical (unpaired) electrons. The van der Waals surface area contributed by atoms with Crippen LogP contribution in [0.25, 0.3) is 0 Å². The maximum Gasteiger partial charge on any atom is 0.207 e. The van der Waals surface area contributed by atoms with E-state index < -0.39 is 0 Å². The van der Waals surface area contributed by atoms with Crippen molar-refractivity contribution in [1.82, 2.24) is 9.55 Å². The summed E-state index contributed by atoms with van der Waals surface area (Å²) in [4.78, 5) is 4.54. The Hall–Kier alpha value is -1.77. The molecule has 0 amide bonds. The molecule has 0 bridgehead atoms. The van der Waals surface area contributed by atoms with Gasteiger partial charge in [-0.3, -0.25) is 0 Å². The van der Waals surface area contributed by atoms with Gasteiger partial charge in [-0.25, -0.2) is 4.98 Å². The van der Waals surface area contributed by atoms with Crippen molar-refractivity contribution < 1.29 is 0 Å². The number of unbranched alkanes of at least 4 members (excludes halogenated alkanes) is 2. The Labute approximate surface area is 109 Å². The molecule has 0 aliphatic rings. The van der Waals surface area contributed by atoms with Crippen molar-refractivity contribution in [2.24, 2.45) is 0 Å². The van der Waals surface area contributed by atoms with Gasteiger partial charge < -0.3 is 9.88 Å². The lowest BCUT2D eigenvalue weighted by molar-refractivity contribution is 0.607. The van der Waals surface area contributed by atoms with Crippen molar-refractivity contribution in [3.8, 4) is 0 Å². The minimum absolute atomic E-state index is 0.940. The number of aromatic nitrogens is 2. The number of hydrogen-bond donors (Lipinski definition) is 1. The molecule has 0 spiro atoms.